The molecule has 116 valence electrons. The minimum atomic E-state index is 0.639. The Kier molecular flexibility index (Phi) is 5.52. The molecule has 0 spiro atoms. The van der Waals surface area contributed by atoms with Gasteiger partial charge in [-0.2, -0.15) is 0 Å². The first kappa shape index (κ1) is 15.7. The molecular formula is C15H25N5O. The van der Waals surface area contributed by atoms with E-state index in [9.17, 15) is 0 Å². The zero-order valence-corrected chi connectivity index (χ0v) is 13.3. The summed E-state index contributed by atoms with van der Waals surface area (Å²) in [6.07, 6.45) is 3.77. The second-order valence-corrected chi connectivity index (χ2v) is 5.94. The van der Waals surface area contributed by atoms with Gasteiger partial charge in [-0.15, -0.1) is 0 Å². The molecule has 1 N–H and O–H groups in total. The highest BCUT2D eigenvalue weighted by atomic mass is 16.5. The number of hydrogen-bond donors (Lipinski definition) is 1. The van der Waals surface area contributed by atoms with E-state index < -0.39 is 0 Å². The Morgan fingerprint density at radius 1 is 1.38 bits per heavy atom. The highest BCUT2D eigenvalue weighted by molar-refractivity contribution is 5.05. The Labute approximate surface area is 126 Å². The zero-order chi connectivity index (χ0) is 15.2. The first-order valence-corrected chi connectivity index (χ1v) is 7.34. The molecule has 2 aromatic rings. The second-order valence-electron chi connectivity index (χ2n) is 5.94. The van der Waals surface area contributed by atoms with Crippen LogP contribution in [0.1, 0.15) is 31.1 Å². The van der Waals surface area contributed by atoms with Crippen LogP contribution < -0.4 is 5.32 Å². The van der Waals surface area contributed by atoms with E-state index in [2.05, 4.69) is 34.2 Å². The van der Waals surface area contributed by atoms with Gasteiger partial charge >= 0.3 is 0 Å². The lowest BCUT2D eigenvalue weighted by atomic mass is 10.2. The molecule has 2 rings (SSSR count). The summed E-state index contributed by atoms with van der Waals surface area (Å²) in [5, 5.41) is 7.46. The van der Waals surface area contributed by atoms with Crippen molar-refractivity contribution in [1.82, 2.24) is 24.9 Å². The molecule has 2 aromatic heterocycles. The zero-order valence-electron chi connectivity index (χ0n) is 13.3. The van der Waals surface area contributed by atoms with Gasteiger partial charge < -0.3 is 14.4 Å². The predicted molar refractivity (Wildman–Crippen MR) is 81.4 cm³/mol. The molecule has 0 aliphatic carbocycles. The molecular weight excluding hydrogens is 266 g/mol. The van der Waals surface area contributed by atoms with E-state index >= 15 is 0 Å². The van der Waals surface area contributed by atoms with Crippen LogP contribution in [0.2, 0.25) is 0 Å². The molecule has 2 heterocycles. The van der Waals surface area contributed by atoms with Gasteiger partial charge in [-0.05, 0) is 19.5 Å². The summed E-state index contributed by atoms with van der Waals surface area (Å²) < 4.78 is 7.41. The number of imidazole rings is 1. The number of nitrogens with one attached hydrogen (secondary N) is 1. The summed E-state index contributed by atoms with van der Waals surface area (Å²) in [7, 11) is 4.05. The van der Waals surface area contributed by atoms with E-state index in [1.54, 1.807) is 0 Å². The maximum absolute atomic E-state index is 5.38. The van der Waals surface area contributed by atoms with Gasteiger partial charge in [0.25, 0.3) is 0 Å². The first-order valence-electron chi connectivity index (χ1n) is 7.34. The third-order valence-electron chi connectivity index (χ3n) is 3.22. The van der Waals surface area contributed by atoms with Crippen molar-refractivity contribution in [3.8, 4) is 0 Å². The van der Waals surface area contributed by atoms with Crippen molar-refractivity contribution in [2.45, 2.75) is 33.5 Å². The van der Waals surface area contributed by atoms with E-state index in [4.69, 9.17) is 4.52 Å². The topological polar surface area (TPSA) is 59.1 Å². The van der Waals surface area contributed by atoms with Crippen LogP contribution in [0, 0.1) is 5.92 Å². The standard InChI is InChI=1S/C15H25N5O/c1-12(2)8-16-9-13-7-14(21-18-13)10-19(3)11-15-17-5-6-20(15)4/h5-7,12,16H,8-11H2,1-4H3. The van der Waals surface area contributed by atoms with Crippen LogP contribution in [0.3, 0.4) is 0 Å². The normalized spacial score (nSPS) is 11.7. The maximum Gasteiger partial charge on any atom is 0.151 e. The minimum Gasteiger partial charge on any atom is -0.360 e. The molecule has 0 aliphatic heterocycles. The molecule has 6 nitrogen and oxygen atoms in total. The van der Waals surface area contributed by atoms with Gasteiger partial charge in [0, 0.05) is 32.1 Å². The molecule has 0 radical (unpaired) electrons. The summed E-state index contributed by atoms with van der Waals surface area (Å²) in [6, 6.07) is 2.02. The van der Waals surface area contributed by atoms with Crippen LogP contribution in [0.15, 0.2) is 23.0 Å². The highest BCUT2D eigenvalue weighted by Crippen LogP contribution is 2.08. The molecule has 0 fully saturated rings. The molecule has 0 bridgehead atoms. The van der Waals surface area contributed by atoms with E-state index in [1.807, 2.05) is 37.1 Å². The number of nitrogens with zero attached hydrogens (tertiary/aromatic N) is 4. The quantitative estimate of drug-likeness (QED) is 0.803. The van der Waals surface area contributed by atoms with Crippen molar-refractivity contribution >= 4 is 0 Å². The fraction of sp³-hybridized carbons (Fsp3) is 0.600. The molecule has 0 saturated heterocycles. The van der Waals surface area contributed by atoms with Gasteiger partial charge in [-0.3, -0.25) is 4.90 Å². The van der Waals surface area contributed by atoms with Gasteiger partial charge in [-0.1, -0.05) is 19.0 Å². The van der Waals surface area contributed by atoms with E-state index in [-0.39, 0.29) is 0 Å². The Balaban J connectivity index is 1.80. The highest BCUT2D eigenvalue weighted by Gasteiger charge is 2.09. The molecule has 0 aromatic carbocycles. The van der Waals surface area contributed by atoms with E-state index in [0.29, 0.717) is 5.92 Å². The summed E-state index contributed by atoms with van der Waals surface area (Å²) in [5.41, 5.74) is 0.955. The molecule has 0 amide bonds. The van der Waals surface area contributed by atoms with Crippen molar-refractivity contribution in [1.29, 1.82) is 0 Å². The largest absolute Gasteiger partial charge is 0.360 e. The number of aromatic nitrogens is 3. The Morgan fingerprint density at radius 2 is 2.19 bits per heavy atom. The van der Waals surface area contributed by atoms with Gasteiger partial charge in [0.2, 0.25) is 0 Å². The number of hydrogen-bond acceptors (Lipinski definition) is 5. The van der Waals surface area contributed by atoms with Crippen molar-refractivity contribution in [2.75, 3.05) is 13.6 Å². The van der Waals surface area contributed by atoms with Crippen LogP contribution in [-0.4, -0.2) is 33.2 Å². The lowest BCUT2D eigenvalue weighted by Crippen LogP contribution is -2.19. The SMILES string of the molecule is CC(C)CNCc1cc(CN(C)Cc2nccn2C)on1. The molecule has 21 heavy (non-hydrogen) atoms. The maximum atomic E-state index is 5.38. The van der Waals surface area contributed by atoms with Crippen LogP contribution in [0.4, 0.5) is 0 Å². The van der Waals surface area contributed by atoms with Crippen molar-refractivity contribution in [3.63, 3.8) is 0 Å². The summed E-state index contributed by atoms with van der Waals surface area (Å²) in [4.78, 5) is 6.49. The molecule has 0 saturated carbocycles. The average Bonchev–Trinajstić information content (AvgIpc) is 3.00. The van der Waals surface area contributed by atoms with Gasteiger partial charge in [0.1, 0.15) is 5.82 Å². The monoisotopic (exact) mass is 291 g/mol. The van der Waals surface area contributed by atoms with Crippen LogP contribution >= 0.6 is 0 Å². The lowest BCUT2D eigenvalue weighted by molar-refractivity contribution is 0.259. The fourth-order valence-corrected chi connectivity index (χ4v) is 2.11. The predicted octanol–water partition coefficient (Wildman–Crippen LogP) is 1.79. The average molecular weight is 291 g/mol. The van der Waals surface area contributed by atoms with Crippen LogP contribution in [-0.2, 0) is 26.7 Å². The molecule has 6 heteroatoms. The van der Waals surface area contributed by atoms with Gasteiger partial charge in [-0.25, -0.2) is 4.98 Å². The van der Waals surface area contributed by atoms with Gasteiger partial charge in [0.05, 0.1) is 18.8 Å². The fourth-order valence-electron chi connectivity index (χ4n) is 2.11. The molecule has 0 atom stereocenters. The summed E-state index contributed by atoms with van der Waals surface area (Å²) in [6.45, 7) is 7.63. The minimum absolute atomic E-state index is 0.639. The molecule has 0 unspecified atom stereocenters. The van der Waals surface area contributed by atoms with Crippen molar-refractivity contribution in [3.05, 3.63) is 35.7 Å². The first-order chi connectivity index (χ1) is 10.0. The van der Waals surface area contributed by atoms with Crippen LogP contribution in [0.25, 0.3) is 0 Å². The Hall–Kier alpha value is -1.66. The number of aryl methyl sites for hydroxylation is 1. The summed E-state index contributed by atoms with van der Waals surface area (Å²) in [5.74, 6) is 2.56. The lowest BCUT2D eigenvalue weighted by Gasteiger charge is -2.13. The summed E-state index contributed by atoms with van der Waals surface area (Å²) >= 11 is 0. The third kappa shape index (κ3) is 4.99. The Bertz CT molecular complexity index is 546. The van der Waals surface area contributed by atoms with E-state index in [1.165, 1.54) is 0 Å². The smallest absolute Gasteiger partial charge is 0.151 e. The molecule has 0 aliphatic rings. The van der Waals surface area contributed by atoms with Gasteiger partial charge in [0.15, 0.2) is 5.76 Å². The Morgan fingerprint density at radius 3 is 2.86 bits per heavy atom. The van der Waals surface area contributed by atoms with Crippen LogP contribution in [0.5, 0.6) is 0 Å². The number of rotatable bonds is 8. The third-order valence-corrected chi connectivity index (χ3v) is 3.22. The second kappa shape index (κ2) is 7.38. The van der Waals surface area contributed by atoms with E-state index in [0.717, 1.165) is 43.5 Å². The van der Waals surface area contributed by atoms with Crippen molar-refractivity contribution in [2.24, 2.45) is 13.0 Å². The van der Waals surface area contributed by atoms with Crippen molar-refractivity contribution < 1.29 is 4.52 Å².